The van der Waals surface area contributed by atoms with E-state index in [1.165, 1.54) is 6.20 Å². The van der Waals surface area contributed by atoms with E-state index in [2.05, 4.69) is 25.9 Å². The zero-order valence-electron chi connectivity index (χ0n) is 20.3. The Morgan fingerprint density at radius 3 is 2.49 bits per heavy atom. The zero-order valence-corrected chi connectivity index (χ0v) is 21.8. The molecule has 0 radical (unpaired) electrons. The molecule has 0 aliphatic heterocycles. The third kappa shape index (κ3) is 6.68. The van der Waals surface area contributed by atoms with Crippen LogP contribution in [-0.2, 0) is 14.6 Å². The van der Waals surface area contributed by atoms with Crippen molar-refractivity contribution in [1.29, 1.82) is 0 Å². The van der Waals surface area contributed by atoms with Crippen LogP contribution in [0.1, 0.15) is 19.4 Å². The Kier molecular flexibility index (Phi) is 8.31. The minimum absolute atomic E-state index is 0.131. The molecule has 0 spiro atoms. The van der Waals surface area contributed by atoms with Crippen molar-refractivity contribution < 1.29 is 13.2 Å². The number of halogens is 1. The Morgan fingerprint density at radius 1 is 1.09 bits per heavy atom. The van der Waals surface area contributed by atoms with Gasteiger partial charge in [-0.1, -0.05) is 29.8 Å². The highest BCUT2D eigenvalue weighted by atomic mass is 35.5. The predicted molar refractivity (Wildman–Crippen MR) is 141 cm³/mol. The van der Waals surface area contributed by atoms with Crippen LogP contribution in [0.25, 0.3) is 0 Å². The van der Waals surface area contributed by atoms with Crippen molar-refractivity contribution >= 4 is 56.2 Å². The van der Waals surface area contributed by atoms with Gasteiger partial charge in [0.2, 0.25) is 11.9 Å². The molecule has 186 valence electrons. The Hall–Kier alpha value is -3.21. The molecular formula is C24H29ClN6O3S. The van der Waals surface area contributed by atoms with Crippen LogP contribution in [0.4, 0.5) is 28.8 Å². The second kappa shape index (κ2) is 11.0. The van der Waals surface area contributed by atoms with Crippen LogP contribution >= 0.6 is 11.6 Å². The first-order valence-corrected chi connectivity index (χ1v) is 12.8. The molecule has 1 heterocycles. The molecule has 0 fully saturated rings. The van der Waals surface area contributed by atoms with E-state index in [1.54, 1.807) is 49.1 Å². The highest BCUT2D eigenvalue weighted by Crippen LogP contribution is 2.31. The highest BCUT2D eigenvalue weighted by molar-refractivity contribution is 7.92. The van der Waals surface area contributed by atoms with Crippen molar-refractivity contribution in [3.63, 3.8) is 0 Å². The summed E-state index contributed by atoms with van der Waals surface area (Å²) in [6, 6.07) is 12.1. The molecule has 3 aromatic rings. The van der Waals surface area contributed by atoms with Gasteiger partial charge in [-0.25, -0.2) is 13.4 Å². The summed E-state index contributed by atoms with van der Waals surface area (Å²) in [6.07, 6.45) is 1.43. The number of rotatable bonds is 9. The van der Waals surface area contributed by atoms with Gasteiger partial charge >= 0.3 is 0 Å². The molecule has 0 saturated carbocycles. The molecule has 0 aliphatic rings. The largest absolute Gasteiger partial charge is 0.338 e. The second-order valence-corrected chi connectivity index (χ2v) is 11.4. The number of amides is 1. The van der Waals surface area contributed by atoms with Crippen LogP contribution < -0.4 is 16.0 Å². The van der Waals surface area contributed by atoms with E-state index in [1.807, 2.05) is 33.2 Å². The number of sulfone groups is 1. The van der Waals surface area contributed by atoms with Crippen molar-refractivity contribution in [3.8, 4) is 0 Å². The van der Waals surface area contributed by atoms with Gasteiger partial charge in [0, 0.05) is 11.4 Å². The van der Waals surface area contributed by atoms with E-state index in [9.17, 15) is 13.2 Å². The molecule has 0 aliphatic carbocycles. The summed E-state index contributed by atoms with van der Waals surface area (Å²) >= 11 is 6.32. The number of aromatic nitrogens is 2. The summed E-state index contributed by atoms with van der Waals surface area (Å²) in [7, 11) is 0.113. The summed E-state index contributed by atoms with van der Waals surface area (Å²) in [5.41, 5.74) is 2.61. The fourth-order valence-corrected chi connectivity index (χ4v) is 4.50. The van der Waals surface area contributed by atoms with Gasteiger partial charge in [0.15, 0.2) is 15.7 Å². The molecular weight excluding hydrogens is 488 g/mol. The summed E-state index contributed by atoms with van der Waals surface area (Å²) in [5.74, 6) is 0.374. The predicted octanol–water partition coefficient (Wildman–Crippen LogP) is 4.61. The Bertz CT molecular complexity index is 1330. The maximum Gasteiger partial charge on any atom is 0.238 e. The number of hydrogen-bond acceptors (Lipinski definition) is 8. The van der Waals surface area contributed by atoms with Crippen LogP contribution in [0.3, 0.4) is 0 Å². The van der Waals surface area contributed by atoms with E-state index >= 15 is 0 Å². The van der Waals surface area contributed by atoms with Gasteiger partial charge in [-0.3, -0.25) is 4.79 Å². The number of anilines is 5. The second-order valence-electron chi connectivity index (χ2n) is 8.55. The standard InChI is InChI=1S/C24H29ClN6O3S/c1-15(2)35(33,34)21-9-7-6-8-19(21)28-23-18(25)13-26-24(30-23)29-20-12-17(11-10-16(20)3)27-22(32)14-31(4)5/h6-13,15H,14H2,1-5H3,(H,27,32)(H2,26,28,29,30). The van der Waals surface area contributed by atoms with Gasteiger partial charge in [-0.15, -0.1) is 0 Å². The average Bonchev–Trinajstić information content (AvgIpc) is 2.78. The molecule has 2 aromatic carbocycles. The molecule has 35 heavy (non-hydrogen) atoms. The fourth-order valence-electron chi connectivity index (χ4n) is 3.16. The molecule has 9 nitrogen and oxygen atoms in total. The number of hydrogen-bond donors (Lipinski definition) is 3. The van der Waals surface area contributed by atoms with Crippen LogP contribution in [0, 0.1) is 6.92 Å². The lowest BCUT2D eigenvalue weighted by atomic mass is 10.2. The Balaban J connectivity index is 1.87. The number of aryl methyl sites for hydroxylation is 1. The van der Waals surface area contributed by atoms with Crippen molar-refractivity contribution in [2.75, 3.05) is 36.6 Å². The summed E-state index contributed by atoms with van der Waals surface area (Å²) in [4.78, 5) is 22.7. The fraction of sp³-hybridized carbons (Fsp3) is 0.292. The minimum atomic E-state index is -3.53. The third-order valence-electron chi connectivity index (χ3n) is 5.04. The first-order chi connectivity index (χ1) is 16.5. The van der Waals surface area contributed by atoms with Crippen molar-refractivity contribution in [3.05, 3.63) is 59.2 Å². The number of nitrogens with zero attached hydrogens (tertiary/aromatic N) is 3. The Morgan fingerprint density at radius 2 is 1.80 bits per heavy atom. The minimum Gasteiger partial charge on any atom is -0.338 e. The van der Waals surface area contributed by atoms with Gasteiger partial charge in [-0.2, -0.15) is 4.98 Å². The molecule has 0 bridgehead atoms. The topological polar surface area (TPSA) is 116 Å². The molecule has 0 saturated heterocycles. The summed E-state index contributed by atoms with van der Waals surface area (Å²) in [6.45, 7) is 5.44. The maximum absolute atomic E-state index is 12.8. The maximum atomic E-state index is 12.8. The first kappa shape index (κ1) is 26.4. The van der Waals surface area contributed by atoms with Crippen LogP contribution in [0.15, 0.2) is 53.6 Å². The average molecular weight is 517 g/mol. The summed E-state index contributed by atoms with van der Waals surface area (Å²) in [5, 5.41) is 8.68. The van der Waals surface area contributed by atoms with Gasteiger partial charge in [0.05, 0.1) is 28.6 Å². The van der Waals surface area contributed by atoms with Crippen LogP contribution in [0.5, 0.6) is 0 Å². The first-order valence-electron chi connectivity index (χ1n) is 10.9. The van der Waals surface area contributed by atoms with E-state index in [4.69, 9.17) is 11.6 Å². The summed E-state index contributed by atoms with van der Waals surface area (Å²) < 4.78 is 25.6. The number of carbonyl (C=O) groups is 1. The van der Waals surface area contributed by atoms with Crippen molar-refractivity contribution in [2.45, 2.75) is 30.9 Å². The smallest absolute Gasteiger partial charge is 0.238 e. The number of carbonyl (C=O) groups excluding carboxylic acids is 1. The molecule has 1 aromatic heterocycles. The number of nitrogens with one attached hydrogen (secondary N) is 3. The number of likely N-dealkylation sites (N-methyl/N-ethyl adjacent to an activating group) is 1. The number of benzene rings is 2. The molecule has 0 atom stereocenters. The lowest BCUT2D eigenvalue weighted by Gasteiger charge is -2.16. The van der Waals surface area contributed by atoms with Crippen molar-refractivity contribution in [2.24, 2.45) is 0 Å². The van der Waals surface area contributed by atoms with E-state index in [0.717, 1.165) is 5.56 Å². The van der Waals surface area contributed by atoms with Crippen LogP contribution in [0.2, 0.25) is 5.02 Å². The number of para-hydroxylation sites is 1. The highest BCUT2D eigenvalue weighted by Gasteiger charge is 2.23. The van der Waals surface area contributed by atoms with E-state index in [0.29, 0.717) is 17.1 Å². The lowest BCUT2D eigenvalue weighted by Crippen LogP contribution is -2.27. The lowest BCUT2D eigenvalue weighted by molar-refractivity contribution is -0.116. The third-order valence-corrected chi connectivity index (χ3v) is 7.53. The van der Waals surface area contributed by atoms with Gasteiger partial charge in [-0.05, 0) is 64.7 Å². The molecule has 11 heteroatoms. The quantitative estimate of drug-likeness (QED) is 0.377. The van der Waals surface area contributed by atoms with E-state index in [-0.39, 0.29) is 34.1 Å². The molecule has 1 amide bonds. The Labute approximate surface area is 210 Å². The van der Waals surface area contributed by atoms with Gasteiger partial charge < -0.3 is 20.9 Å². The monoisotopic (exact) mass is 516 g/mol. The van der Waals surface area contributed by atoms with Crippen LogP contribution in [-0.4, -0.2) is 55.1 Å². The molecule has 0 unspecified atom stereocenters. The van der Waals surface area contributed by atoms with E-state index < -0.39 is 15.1 Å². The SMILES string of the molecule is Cc1ccc(NC(=O)CN(C)C)cc1Nc1ncc(Cl)c(Nc2ccccc2S(=O)(=O)C(C)C)n1. The zero-order chi connectivity index (χ0) is 25.8. The normalized spacial score (nSPS) is 11.5. The molecule has 3 N–H and O–H groups in total. The van der Waals surface area contributed by atoms with Crippen molar-refractivity contribution in [1.82, 2.24) is 14.9 Å². The molecule has 3 rings (SSSR count). The van der Waals surface area contributed by atoms with Gasteiger partial charge in [0.1, 0.15) is 5.02 Å². The van der Waals surface area contributed by atoms with Gasteiger partial charge in [0.25, 0.3) is 0 Å².